The summed E-state index contributed by atoms with van der Waals surface area (Å²) in [5, 5.41) is 3.77. The van der Waals surface area contributed by atoms with Crippen molar-refractivity contribution in [2.45, 2.75) is 16.5 Å². The number of aromatic nitrogens is 1. The van der Waals surface area contributed by atoms with Gasteiger partial charge in [-0.15, -0.1) is 0 Å². The van der Waals surface area contributed by atoms with Crippen LogP contribution < -0.4 is 5.32 Å². The molecule has 0 spiro atoms. The smallest absolute Gasteiger partial charge is 0.234 e. The van der Waals surface area contributed by atoms with Gasteiger partial charge in [0.1, 0.15) is 0 Å². The number of rotatable bonds is 6. The van der Waals surface area contributed by atoms with E-state index in [9.17, 15) is 8.42 Å². The second-order valence-electron chi connectivity index (χ2n) is 6.39. The first-order valence-corrected chi connectivity index (χ1v) is 11.2. The molecular formula is C22H16Cl2N2O3S. The van der Waals surface area contributed by atoms with Crippen molar-refractivity contribution in [3.05, 3.63) is 94.5 Å². The minimum atomic E-state index is -3.93. The van der Waals surface area contributed by atoms with Gasteiger partial charge in [-0.1, -0.05) is 71.7 Å². The fourth-order valence-electron chi connectivity index (χ4n) is 2.88. The second kappa shape index (κ2) is 8.52. The lowest BCUT2D eigenvalue weighted by atomic mass is 10.2. The quantitative estimate of drug-likeness (QED) is 0.378. The lowest BCUT2D eigenvalue weighted by Gasteiger charge is -2.07. The number of oxazole rings is 1. The first kappa shape index (κ1) is 20.5. The van der Waals surface area contributed by atoms with Crippen LogP contribution in [0.1, 0.15) is 5.56 Å². The number of hydrogen-bond acceptors (Lipinski definition) is 5. The maximum absolute atomic E-state index is 13.2. The lowest BCUT2D eigenvalue weighted by Crippen LogP contribution is -2.07. The Morgan fingerprint density at radius 2 is 1.47 bits per heavy atom. The Morgan fingerprint density at radius 3 is 2.17 bits per heavy atom. The molecule has 0 atom stereocenters. The van der Waals surface area contributed by atoms with E-state index in [1.165, 1.54) is 12.1 Å². The Morgan fingerprint density at radius 1 is 0.833 bits per heavy atom. The van der Waals surface area contributed by atoms with Gasteiger partial charge in [-0.25, -0.2) is 8.42 Å². The van der Waals surface area contributed by atoms with Crippen LogP contribution >= 0.6 is 23.2 Å². The molecule has 4 rings (SSSR count). The van der Waals surface area contributed by atoms with Crippen molar-refractivity contribution in [1.29, 1.82) is 0 Å². The van der Waals surface area contributed by atoms with Crippen LogP contribution in [0.3, 0.4) is 0 Å². The average Bonchev–Trinajstić information content (AvgIpc) is 3.19. The molecule has 1 heterocycles. The van der Waals surface area contributed by atoms with Crippen LogP contribution in [0, 0.1) is 0 Å². The summed E-state index contributed by atoms with van der Waals surface area (Å²) in [5.74, 6) is 0.130. The van der Waals surface area contributed by atoms with Gasteiger partial charge in [0, 0.05) is 11.6 Å². The first-order valence-electron chi connectivity index (χ1n) is 9.00. The van der Waals surface area contributed by atoms with Gasteiger partial charge >= 0.3 is 0 Å². The molecule has 0 saturated carbocycles. The number of benzene rings is 3. The van der Waals surface area contributed by atoms with E-state index >= 15 is 0 Å². The fourth-order valence-corrected chi connectivity index (χ4v) is 4.60. The summed E-state index contributed by atoms with van der Waals surface area (Å²) in [6.07, 6.45) is 0. The third-order valence-electron chi connectivity index (χ3n) is 4.41. The van der Waals surface area contributed by atoms with Gasteiger partial charge < -0.3 is 9.73 Å². The molecule has 5 nitrogen and oxygen atoms in total. The molecule has 0 radical (unpaired) electrons. The molecular weight excluding hydrogens is 443 g/mol. The molecule has 0 aliphatic carbocycles. The van der Waals surface area contributed by atoms with Crippen LogP contribution in [-0.2, 0) is 16.4 Å². The van der Waals surface area contributed by atoms with Crippen molar-refractivity contribution in [3.8, 4) is 11.5 Å². The number of nitrogens with zero attached hydrogens (tertiary/aromatic N) is 1. The van der Waals surface area contributed by atoms with Gasteiger partial charge in [-0.2, -0.15) is 4.98 Å². The summed E-state index contributed by atoms with van der Waals surface area (Å²) >= 11 is 12.5. The van der Waals surface area contributed by atoms with Crippen LogP contribution in [0.15, 0.2) is 93.2 Å². The van der Waals surface area contributed by atoms with Gasteiger partial charge in [-0.3, -0.25) is 0 Å². The van der Waals surface area contributed by atoms with Gasteiger partial charge in [-0.05, 0) is 35.9 Å². The predicted octanol–water partition coefficient (Wildman–Crippen LogP) is 6.09. The summed E-state index contributed by atoms with van der Waals surface area (Å²) in [5.41, 5.74) is 1.28. The fraction of sp³-hybridized carbons (Fsp3) is 0.0455. The Labute approximate surface area is 184 Å². The van der Waals surface area contributed by atoms with Gasteiger partial charge in [0.05, 0.1) is 15.5 Å². The SMILES string of the molecule is O=S(=O)(c1ccccc1)c1nc(-c2ccccc2Cl)oc1NCc1ccccc1Cl. The molecule has 3 aromatic carbocycles. The van der Waals surface area contributed by atoms with E-state index in [0.29, 0.717) is 15.6 Å². The molecule has 1 aromatic heterocycles. The van der Waals surface area contributed by atoms with Crippen LogP contribution in [0.5, 0.6) is 0 Å². The van der Waals surface area contributed by atoms with Crippen molar-refractivity contribution in [2.75, 3.05) is 5.32 Å². The molecule has 0 saturated heterocycles. The largest absolute Gasteiger partial charge is 0.419 e. The van der Waals surface area contributed by atoms with Crippen molar-refractivity contribution < 1.29 is 12.8 Å². The molecule has 8 heteroatoms. The Hall–Kier alpha value is -2.80. The van der Waals surface area contributed by atoms with Crippen molar-refractivity contribution in [3.63, 3.8) is 0 Å². The minimum Gasteiger partial charge on any atom is -0.419 e. The number of nitrogens with one attached hydrogen (secondary N) is 1. The Balaban J connectivity index is 1.79. The number of halogens is 2. The van der Waals surface area contributed by atoms with E-state index in [1.807, 2.05) is 18.2 Å². The standard InChI is InChI=1S/C22H16Cl2N2O3S/c23-18-12-6-4-8-15(18)14-25-21-22(30(27,28)16-9-2-1-3-10-16)26-20(29-21)17-11-5-7-13-19(17)24/h1-13,25H,14H2. The zero-order chi connectivity index (χ0) is 21.1. The Kier molecular flexibility index (Phi) is 5.81. The third kappa shape index (κ3) is 4.07. The van der Waals surface area contributed by atoms with E-state index in [4.69, 9.17) is 27.6 Å². The molecule has 30 heavy (non-hydrogen) atoms. The highest BCUT2D eigenvalue weighted by molar-refractivity contribution is 7.91. The summed E-state index contributed by atoms with van der Waals surface area (Å²) < 4.78 is 32.3. The molecule has 0 aliphatic heterocycles. The van der Waals surface area contributed by atoms with Crippen molar-refractivity contribution in [1.82, 2.24) is 4.98 Å². The molecule has 4 aromatic rings. The van der Waals surface area contributed by atoms with E-state index < -0.39 is 9.84 Å². The maximum Gasteiger partial charge on any atom is 0.234 e. The zero-order valence-corrected chi connectivity index (χ0v) is 17.9. The Bertz CT molecular complexity index is 1290. The summed E-state index contributed by atoms with van der Waals surface area (Å²) in [6.45, 7) is 0.258. The zero-order valence-electron chi connectivity index (χ0n) is 15.5. The maximum atomic E-state index is 13.2. The first-order chi connectivity index (χ1) is 14.5. The highest BCUT2D eigenvalue weighted by atomic mass is 35.5. The molecule has 0 amide bonds. The molecule has 1 N–H and O–H groups in total. The van der Waals surface area contributed by atoms with Gasteiger partial charge in [0.25, 0.3) is 0 Å². The van der Waals surface area contributed by atoms with E-state index in [1.54, 1.807) is 48.5 Å². The average molecular weight is 459 g/mol. The third-order valence-corrected chi connectivity index (χ3v) is 6.78. The monoisotopic (exact) mass is 458 g/mol. The minimum absolute atomic E-state index is 0.0219. The molecule has 0 unspecified atom stereocenters. The predicted molar refractivity (Wildman–Crippen MR) is 118 cm³/mol. The summed E-state index contributed by atoms with van der Waals surface area (Å²) in [4.78, 5) is 4.41. The second-order valence-corrected chi connectivity index (χ2v) is 9.07. The van der Waals surface area contributed by atoms with Crippen LogP contribution in [-0.4, -0.2) is 13.4 Å². The normalized spacial score (nSPS) is 11.4. The van der Waals surface area contributed by atoms with Crippen LogP contribution in [0.25, 0.3) is 11.5 Å². The number of sulfone groups is 1. The van der Waals surface area contributed by atoms with Crippen molar-refractivity contribution >= 4 is 38.9 Å². The number of anilines is 1. The highest BCUT2D eigenvalue weighted by Crippen LogP contribution is 2.35. The van der Waals surface area contributed by atoms with Crippen LogP contribution in [0.2, 0.25) is 10.0 Å². The van der Waals surface area contributed by atoms with E-state index in [-0.39, 0.29) is 28.2 Å². The number of hydrogen-bond donors (Lipinski definition) is 1. The van der Waals surface area contributed by atoms with Crippen molar-refractivity contribution in [2.24, 2.45) is 0 Å². The van der Waals surface area contributed by atoms with E-state index in [2.05, 4.69) is 10.3 Å². The van der Waals surface area contributed by atoms with Crippen LogP contribution in [0.4, 0.5) is 5.88 Å². The summed E-state index contributed by atoms with van der Waals surface area (Å²) in [6, 6.07) is 22.3. The topological polar surface area (TPSA) is 72.2 Å². The molecule has 0 fully saturated rings. The molecule has 0 bridgehead atoms. The van der Waals surface area contributed by atoms with Gasteiger partial charge in [0.15, 0.2) is 0 Å². The van der Waals surface area contributed by atoms with Gasteiger partial charge in [0.2, 0.25) is 26.6 Å². The highest BCUT2D eigenvalue weighted by Gasteiger charge is 2.29. The molecule has 152 valence electrons. The molecule has 0 aliphatic rings. The lowest BCUT2D eigenvalue weighted by molar-refractivity contribution is 0.577. The van der Waals surface area contributed by atoms with E-state index in [0.717, 1.165) is 5.56 Å². The summed E-state index contributed by atoms with van der Waals surface area (Å²) in [7, 11) is -3.93.